The largest absolute Gasteiger partial charge is 0.480 e. The van der Waals surface area contributed by atoms with Gasteiger partial charge in [-0.05, 0) is 18.3 Å². The summed E-state index contributed by atoms with van der Waals surface area (Å²) in [4.78, 5) is 22.7. The van der Waals surface area contributed by atoms with Crippen molar-refractivity contribution in [2.45, 2.75) is 52.6 Å². The van der Waals surface area contributed by atoms with Crippen LogP contribution in [0.2, 0.25) is 0 Å². The van der Waals surface area contributed by atoms with Crippen molar-refractivity contribution >= 4 is 11.9 Å². The Morgan fingerprint density at radius 2 is 1.82 bits per heavy atom. The van der Waals surface area contributed by atoms with E-state index >= 15 is 0 Å². The summed E-state index contributed by atoms with van der Waals surface area (Å²) < 4.78 is 0. The minimum Gasteiger partial charge on any atom is -0.480 e. The van der Waals surface area contributed by atoms with Crippen LogP contribution in [-0.4, -0.2) is 29.1 Å². The topological polar surface area (TPSA) is 92.4 Å². The van der Waals surface area contributed by atoms with E-state index in [0.717, 1.165) is 0 Å². The highest BCUT2D eigenvalue weighted by atomic mass is 16.4. The molecule has 0 rings (SSSR count). The van der Waals surface area contributed by atoms with Crippen molar-refractivity contribution in [3.05, 3.63) is 0 Å². The maximum absolute atomic E-state index is 11.7. The Morgan fingerprint density at radius 3 is 2.18 bits per heavy atom. The van der Waals surface area contributed by atoms with E-state index in [2.05, 4.69) is 5.32 Å². The van der Waals surface area contributed by atoms with Crippen LogP contribution < -0.4 is 11.1 Å². The number of amides is 1. The fourth-order valence-corrected chi connectivity index (χ4v) is 1.56. The Bertz CT molecular complexity index is 266. The monoisotopic (exact) mass is 244 g/mol. The smallest absolute Gasteiger partial charge is 0.326 e. The first kappa shape index (κ1) is 15.9. The van der Waals surface area contributed by atoms with E-state index in [1.54, 1.807) is 6.92 Å². The van der Waals surface area contributed by atoms with Crippen molar-refractivity contribution in [3.63, 3.8) is 0 Å². The van der Waals surface area contributed by atoms with Gasteiger partial charge in [-0.2, -0.15) is 0 Å². The van der Waals surface area contributed by atoms with Gasteiger partial charge in [0.05, 0.1) is 6.04 Å². The first-order chi connectivity index (χ1) is 7.79. The van der Waals surface area contributed by atoms with Crippen molar-refractivity contribution in [3.8, 4) is 0 Å². The molecule has 0 aliphatic heterocycles. The van der Waals surface area contributed by atoms with Crippen molar-refractivity contribution in [1.82, 2.24) is 5.32 Å². The second-order valence-electron chi connectivity index (χ2n) is 4.95. The van der Waals surface area contributed by atoms with E-state index in [-0.39, 0.29) is 11.8 Å². The highest BCUT2D eigenvalue weighted by molar-refractivity contribution is 5.86. The van der Waals surface area contributed by atoms with Crippen LogP contribution in [0.5, 0.6) is 0 Å². The van der Waals surface area contributed by atoms with E-state index in [4.69, 9.17) is 10.8 Å². The third-order valence-corrected chi connectivity index (χ3v) is 2.84. The average Bonchev–Trinajstić information content (AvgIpc) is 2.22. The molecule has 0 heterocycles. The molecule has 1 amide bonds. The predicted molar refractivity (Wildman–Crippen MR) is 66.5 cm³/mol. The van der Waals surface area contributed by atoms with E-state index in [9.17, 15) is 9.59 Å². The maximum atomic E-state index is 11.7. The van der Waals surface area contributed by atoms with Crippen LogP contribution in [0.3, 0.4) is 0 Å². The lowest BCUT2D eigenvalue weighted by Gasteiger charge is -2.22. The van der Waals surface area contributed by atoms with Crippen LogP contribution >= 0.6 is 0 Å². The lowest BCUT2D eigenvalue weighted by Crippen LogP contribution is -2.51. The number of carbonyl (C=O) groups is 2. The van der Waals surface area contributed by atoms with Crippen molar-refractivity contribution in [2.75, 3.05) is 0 Å². The second-order valence-corrected chi connectivity index (χ2v) is 4.95. The molecule has 0 bridgehead atoms. The van der Waals surface area contributed by atoms with Crippen LogP contribution in [0.1, 0.15) is 40.5 Å². The average molecular weight is 244 g/mol. The van der Waals surface area contributed by atoms with Gasteiger partial charge in [0.1, 0.15) is 6.04 Å². The number of rotatable bonds is 7. The van der Waals surface area contributed by atoms with Crippen LogP contribution in [0.25, 0.3) is 0 Å². The third kappa shape index (κ3) is 5.68. The summed E-state index contributed by atoms with van der Waals surface area (Å²) in [6.07, 6.45) is 1.25. The molecule has 0 aliphatic carbocycles. The molecule has 0 aromatic heterocycles. The number of carboxylic acid groups (broad SMARTS) is 1. The van der Waals surface area contributed by atoms with Gasteiger partial charge >= 0.3 is 5.97 Å². The van der Waals surface area contributed by atoms with E-state index in [1.165, 1.54) is 0 Å². The van der Waals surface area contributed by atoms with E-state index in [1.807, 2.05) is 20.8 Å². The summed E-state index contributed by atoms with van der Waals surface area (Å²) in [5, 5.41) is 11.5. The molecule has 0 fully saturated rings. The Balaban J connectivity index is 4.45. The van der Waals surface area contributed by atoms with Crippen LogP contribution in [0.15, 0.2) is 0 Å². The number of hydrogen-bond acceptors (Lipinski definition) is 3. The van der Waals surface area contributed by atoms with Gasteiger partial charge in [0.25, 0.3) is 0 Å². The van der Waals surface area contributed by atoms with Gasteiger partial charge in [-0.15, -0.1) is 0 Å². The summed E-state index contributed by atoms with van der Waals surface area (Å²) >= 11 is 0. The Morgan fingerprint density at radius 1 is 1.29 bits per heavy atom. The number of nitrogens with one attached hydrogen (secondary N) is 1. The molecular weight excluding hydrogens is 220 g/mol. The standard InChI is InChI=1S/C12H24N2O3/c1-5-8(4)10(12(16)17)14-11(15)9(13)6-7(2)3/h7-10H,5-6,13H2,1-4H3,(H,14,15)(H,16,17)/t8?,9-,10-/m0/s1. The molecule has 0 saturated heterocycles. The summed E-state index contributed by atoms with van der Waals surface area (Å²) in [5.74, 6) is -1.19. The van der Waals surface area contributed by atoms with E-state index in [0.29, 0.717) is 18.8 Å². The Hall–Kier alpha value is -1.10. The highest BCUT2D eigenvalue weighted by Gasteiger charge is 2.27. The van der Waals surface area contributed by atoms with Gasteiger partial charge in [-0.3, -0.25) is 4.79 Å². The van der Waals surface area contributed by atoms with Gasteiger partial charge in [-0.1, -0.05) is 34.1 Å². The molecule has 0 saturated carbocycles. The molecule has 3 atom stereocenters. The third-order valence-electron chi connectivity index (χ3n) is 2.84. The molecule has 5 heteroatoms. The van der Waals surface area contributed by atoms with Crippen molar-refractivity contribution < 1.29 is 14.7 Å². The number of carbonyl (C=O) groups excluding carboxylic acids is 1. The molecule has 0 spiro atoms. The minimum atomic E-state index is -1.01. The number of hydrogen-bond donors (Lipinski definition) is 3. The summed E-state index contributed by atoms with van der Waals surface area (Å²) in [7, 11) is 0. The molecule has 4 N–H and O–H groups in total. The first-order valence-electron chi connectivity index (χ1n) is 6.08. The van der Waals surface area contributed by atoms with Gasteiger partial charge in [0.15, 0.2) is 0 Å². The predicted octanol–water partition coefficient (Wildman–Crippen LogP) is 0.975. The lowest BCUT2D eigenvalue weighted by molar-refractivity contribution is -0.143. The molecule has 5 nitrogen and oxygen atoms in total. The molecule has 0 aromatic carbocycles. The van der Waals surface area contributed by atoms with E-state index < -0.39 is 18.1 Å². The summed E-state index contributed by atoms with van der Waals surface area (Å²) in [5.41, 5.74) is 5.70. The van der Waals surface area contributed by atoms with Crippen LogP contribution in [0, 0.1) is 11.8 Å². The zero-order valence-electron chi connectivity index (χ0n) is 11.1. The van der Waals surface area contributed by atoms with Crippen LogP contribution in [0.4, 0.5) is 0 Å². The summed E-state index contributed by atoms with van der Waals surface area (Å²) in [6, 6.07) is -1.49. The molecule has 0 aromatic rings. The Labute approximate surface area is 103 Å². The highest BCUT2D eigenvalue weighted by Crippen LogP contribution is 2.09. The molecule has 17 heavy (non-hydrogen) atoms. The minimum absolute atomic E-state index is 0.109. The Kier molecular flexibility index (Phi) is 6.80. The van der Waals surface area contributed by atoms with Crippen molar-refractivity contribution in [2.24, 2.45) is 17.6 Å². The fraction of sp³-hybridized carbons (Fsp3) is 0.833. The number of nitrogens with two attached hydrogens (primary N) is 1. The van der Waals surface area contributed by atoms with Gasteiger partial charge in [-0.25, -0.2) is 4.79 Å². The summed E-state index contributed by atoms with van der Waals surface area (Å²) in [6.45, 7) is 7.63. The van der Waals surface area contributed by atoms with Crippen LogP contribution in [-0.2, 0) is 9.59 Å². The molecule has 1 unspecified atom stereocenters. The first-order valence-corrected chi connectivity index (χ1v) is 6.08. The SMILES string of the molecule is CCC(C)[C@H](NC(=O)[C@@H](N)CC(C)C)C(=O)O. The molecule has 100 valence electrons. The van der Waals surface area contributed by atoms with Gasteiger partial charge in [0.2, 0.25) is 5.91 Å². The fourth-order valence-electron chi connectivity index (χ4n) is 1.56. The maximum Gasteiger partial charge on any atom is 0.326 e. The molecule has 0 radical (unpaired) electrons. The lowest BCUT2D eigenvalue weighted by atomic mass is 9.98. The zero-order valence-corrected chi connectivity index (χ0v) is 11.1. The number of carboxylic acids is 1. The number of aliphatic carboxylic acids is 1. The van der Waals surface area contributed by atoms with Gasteiger partial charge in [0, 0.05) is 0 Å². The zero-order chi connectivity index (χ0) is 13.6. The molecular formula is C12H24N2O3. The molecule has 0 aliphatic rings. The normalized spacial score (nSPS) is 16.4. The van der Waals surface area contributed by atoms with Gasteiger partial charge < -0.3 is 16.2 Å². The van der Waals surface area contributed by atoms with Crippen molar-refractivity contribution in [1.29, 1.82) is 0 Å². The quantitative estimate of drug-likeness (QED) is 0.622. The second kappa shape index (κ2) is 7.27.